The molecule has 0 unspecified atom stereocenters. The van der Waals surface area contributed by atoms with Crippen molar-refractivity contribution in [1.82, 2.24) is 14.8 Å². The van der Waals surface area contributed by atoms with Gasteiger partial charge in [-0.25, -0.2) is 4.68 Å². The molecule has 0 atom stereocenters. The Hall–Kier alpha value is -2.64. The molecule has 20 heavy (non-hydrogen) atoms. The van der Waals surface area contributed by atoms with Gasteiger partial charge in [-0.3, -0.25) is 4.98 Å². The summed E-state index contributed by atoms with van der Waals surface area (Å²) in [7, 11) is 0. The maximum absolute atomic E-state index is 9.05. The summed E-state index contributed by atoms with van der Waals surface area (Å²) in [5, 5.41) is 13.9. The van der Waals surface area contributed by atoms with E-state index < -0.39 is 0 Å². The molecular weight excluding hydrogens is 272 g/mol. The van der Waals surface area contributed by atoms with Crippen molar-refractivity contribution in [2.24, 2.45) is 0 Å². The average Bonchev–Trinajstić information content (AvgIpc) is 2.92. The van der Waals surface area contributed by atoms with Gasteiger partial charge in [0.1, 0.15) is 6.07 Å². The molecule has 0 aliphatic rings. The molecule has 3 aromatic rings. The molecule has 0 N–H and O–H groups in total. The van der Waals surface area contributed by atoms with Crippen molar-refractivity contribution in [2.45, 2.75) is 0 Å². The van der Waals surface area contributed by atoms with Crippen LogP contribution in [0, 0.1) is 11.3 Å². The quantitative estimate of drug-likeness (QED) is 0.722. The number of rotatable bonds is 2. The summed E-state index contributed by atoms with van der Waals surface area (Å²) in [6.45, 7) is 0. The third kappa shape index (κ3) is 2.27. The first-order chi connectivity index (χ1) is 9.78. The van der Waals surface area contributed by atoms with Gasteiger partial charge in [-0.2, -0.15) is 10.4 Å². The van der Waals surface area contributed by atoms with Crippen LogP contribution in [0.3, 0.4) is 0 Å². The lowest BCUT2D eigenvalue weighted by molar-refractivity contribution is 0.877. The predicted molar refractivity (Wildman–Crippen MR) is 76.5 cm³/mol. The number of nitriles is 1. The summed E-state index contributed by atoms with van der Waals surface area (Å²) in [5.74, 6) is 0. The van der Waals surface area contributed by atoms with E-state index in [1.165, 1.54) is 0 Å². The normalized spacial score (nSPS) is 10.2. The minimum atomic E-state index is 0.339. The highest BCUT2D eigenvalue weighted by molar-refractivity contribution is 6.30. The van der Waals surface area contributed by atoms with Crippen LogP contribution in [0.1, 0.15) is 5.69 Å². The van der Waals surface area contributed by atoms with Crippen molar-refractivity contribution in [2.75, 3.05) is 0 Å². The van der Waals surface area contributed by atoms with Gasteiger partial charge in [0.05, 0.1) is 17.1 Å². The minimum Gasteiger partial charge on any atom is -0.255 e. The van der Waals surface area contributed by atoms with Crippen molar-refractivity contribution in [3.63, 3.8) is 0 Å². The van der Waals surface area contributed by atoms with E-state index in [9.17, 15) is 0 Å². The van der Waals surface area contributed by atoms with Gasteiger partial charge in [0.25, 0.3) is 0 Å². The molecule has 0 saturated carbocycles. The van der Waals surface area contributed by atoms with E-state index in [4.69, 9.17) is 16.9 Å². The molecule has 0 amide bonds. The van der Waals surface area contributed by atoms with Crippen molar-refractivity contribution in [3.8, 4) is 23.1 Å². The Morgan fingerprint density at radius 2 is 2.00 bits per heavy atom. The number of nitrogens with zero attached hydrogens (tertiary/aromatic N) is 4. The minimum absolute atomic E-state index is 0.339. The maximum Gasteiger partial charge on any atom is 0.163 e. The van der Waals surface area contributed by atoms with E-state index in [-0.39, 0.29) is 0 Å². The van der Waals surface area contributed by atoms with Crippen LogP contribution in [0.15, 0.2) is 54.7 Å². The van der Waals surface area contributed by atoms with Gasteiger partial charge < -0.3 is 0 Å². The molecule has 2 aromatic heterocycles. The second kappa shape index (κ2) is 5.16. The van der Waals surface area contributed by atoms with E-state index in [2.05, 4.69) is 10.1 Å². The van der Waals surface area contributed by atoms with Crippen LogP contribution >= 0.6 is 11.6 Å². The predicted octanol–water partition coefficient (Wildman–Crippen LogP) is 3.46. The van der Waals surface area contributed by atoms with E-state index in [1.54, 1.807) is 29.1 Å². The highest BCUT2D eigenvalue weighted by Gasteiger charge is 2.12. The Morgan fingerprint density at radius 1 is 1.10 bits per heavy atom. The summed E-state index contributed by atoms with van der Waals surface area (Å²) < 4.78 is 1.67. The molecule has 2 heterocycles. The van der Waals surface area contributed by atoms with Crippen molar-refractivity contribution in [3.05, 3.63) is 65.4 Å². The van der Waals surface area contributed by atoms with Gasteiger partial charge in [-0.05, 0) is 30.3 Å². The number of hydrogen-bond acceptors (Lipinski definition) is 3. The van der Waals surface area contributed by atoms with Crippen LogP contribution in [-0.4, -0.2) is 14.8 Å². The maximum atomic E-state index is 9.05. The highest BCUT2D eigenvalue weighted by atomic mass is 35.5. The molecule has 96 valence electrons. The second-order valence-electron chi connectivity index (χ2n) is 4.13. The van der Waals surface area contributed by atoms with Gasteiger partial charge in [0.15, 0.2) is 5.69 Å². The zero-order valence-electron chi connectivity index (χ0n) is 10.4. The highest BCUT2D eigenvalue weighted by Crippen LogP contribution is 2.23. The number of benzene rings is 1. The van der Waals surface area contributed by atoms with Gasteiger partial charge >= 0.3 is 0 Å². The SMILES string of the molecule is N#Cc1cc(-c2ccccn2)n(-c2cccc(Cl)c2)n1. The van der Waals surface area contributed by atoms with Crippen molar-refractivity contribution < 1.29 is 0 Å². The van der Waals surface area contributed by atoms with Crippen LogP contribution in [-0.2, 0) is 0 Å². The first-order valence-electron chi connectivity index (χ1n) is 5.95. The lowest BCUT2D eigenvalue weighted by atomic mass is 10.2. The van der Waals surface area contributed by atoms with Gasteiger partial charge in [0.2, 0.25) is 0 Å². The standard InChI is InChI=1S/C15H9ClN4/c16-11-4-3-5-13(8-11)20-15(9-12(10-17)19-20)14-6-1-2-7-18-14/h1-9H. The summed E-state index contributed by atoms with van der Waals surface area (Å²) in [5.41, 5.74) is 2.64. The van der Waals surface area contributed by atoms with E-state index >= 15 is 0 Å². The Bertz CT molecular complexity index is 787. The molecular formula is C15H9ClN4. The Balaban J connectivity index is 2.21. The Morgan fingerprint density at radius 3 is 2.70 bits per heavy atom. The van der Waals surface area contributed by atoms with Crippen LogP contribution in [0.25, 0.3) is 17.1 Å². The number of hydrogen-bond donors (Lipinski definition) is 0. The lowest BCUT2D eigenvalue weighted by Crippen LogP contribution is -2.00. The molecule has 0 spiro atoms. The molecule has 3 rings (SSSR count). The van der Waals surface area contributed by atoms with Crippen LogP contribution in [0.2, 0.25) is 5.02 Å². The smallest absolute Gasteiger partial charge is 0.163 e. The summed E-state index contributed by atoms with van der Waals surface area (Å²) in [6, 6.07) is 16.7. The van der Waals surface area contributed by atoms with Crippen LogP contribution in [0.5, 0.6) is 0 Å². The van der Waals surface area contributed by atoms with Crippen LogP contribution in [0.4, 0.5) is 0 Å². The molecule has 1 aromatic carbocycles. The fraction of sp³-hybridized carbons (Fsp3) is 0. The lowest BCUT2D eigenvalue weighted by Gasteiger charge is -2.06. The Labute approximate surface area is 120 Å². The summed E-state index contributed by atoms with van der Waals surface area (Å²) in [4.78, 5) is 4.30. The third-order valence-corrected chi connectivity index (χ3v) is 3.04. The molecule has 0 aliphatic heterocycles. The fourth-order valence-corrected chi connectivity index (χ4v) is 2.12. The van der Waals surface area contributed by atoms with Gasteiger partial charge in [0, 0.05) is 17.3 Å². The monoisotopic (exact) mass is 280 g/mol. The largest absolute Gasteiger partial charge is 0.255 e. The molecule has 0 bridgehead atoms. The van der Waals surface area contributed by atoms with E-state index in [1.807, 2.05) is 36.4 Å². The fourth-order valence-electron chi connectivity index (χ4n) is 1.94. The summed E-state index contributed by atoms with van der Waals surface area (Å²) in [6.07, 6.45) is 1.71. The number of halogens is 1. The van der Waals surface area contributed by atoms with Crippen LogP contribution < -0.4 is 0 Å². The molecule has 0 fully saturated rings. The molecule has 5 heteroatoms. The first kappa shape index (κ1) is 12.4. The summed E-state index contributed by atoms with van der Waals surface area (Å²) >= 11 is 6.01. The molecule has 4 nitrogen and oxygen atoms in total. The average molecular weight is 281 g/mol. The van der Waals surface area contributed by atoms with Crippen molar-refractivity contribution in [1.29, 1.82) is 5.26 Å². The molecule has 0 radical (unpaired) electrons. The van der Waals surface area contributed by atoms with Gasteiger partial charge in [-0.1, -0.05) is 23.7 Å². The van der Waals surface area contributed by atoms with E-state index in [0.717, 1.165) is 17.1 Å². The van der Waals surface area contributed by atoms with E-state index in [0.29, 0.717) is 10.7 Å². The van der Waals surface area contributed by atoms with Gasteiger partial charge in [-0.15, -0.1) is 0 Å². The zero-order valence-corrected chi connectivity index (χ0v) is 11.1. The van der Waals surface area contributed by atoms with Crippen molar-refractivity contribution >= 4 is 11.6 Å². The number of pyridine rings is 1. The zero-order chi connectivity index (χ0) is 13.9. The first-order valence-corrected chi connectivity index (χ1v) is 6.33. The molecule has 0 saturated heterocycles. The second-order valence-corrected chi connectivity index (χ2v) is 4.57. The Kier molecular flexibility index (Phi) is 3.20. The topological polar surface area (TPSA) is 54.5 Å². The third-order valence-electron chi connectivity index (χ3n) is 2.80. The molecule has 0 aliphatic carbocycles. The number of aromatic nitrogens is 3.